The highest BCUT2D eigenvalue weighted by Crippen LogP contribution is 2.23. The van der Waals surface area contributed by atoms with Crippen LogP contribution in [0.2, 0.25) is 0 Å². The second-order valence-corrected chi connectivity index (χ2v) is 10.3. The van der Waals surface area contributed by atoms with E-state index in [0.717, 1.165) is 29.4 Å². The zero-order valence-corrected chi connectivity index (χ0v) is 18.8. The molecule has 0 saturated carbocycles. The number of urea groups is 1. The van der Waals surface area contributed by atoms with E-state index in [1.54, 1.807) is 4.68 Å². The first-order valence-corrected chi connectivity index (χ1v) is 10.4. The van der Waals surface area contributed by atoms with Gasteiger partial charge in [-0.2, -0.15) is 10.1 Å². The zero-order chi connectivity index (χ0) is 21.3. The van der Waals surface area contributed by atoms with Gasteiger partial charge < -0.3 is 10.5 Å². The number of nitrogens with zero attached hydrogens (tertiary/aromatic N) is 4. The summed E-state index contributed by atoms with van der Waals surface area (Å²) in [6.07, 6.45) is 2.05. The molecule has 158 valence electrons. The number of imide groups is 1. The van der Waals surface area contributed by atoms with Crippen LogP contribution in [0.4, 0.5) is 4.79 Å². The number of hydrogen-bond donors (Lipinski definition) is 1. The Labute approximate surface area is 170 Å². The predicted molar refractivity (Wildman–Crippen MR) is 109 cm³/mol. The quantitative estimate of drug-likeness (QED) is 0.822. The summed E-state index contributed by atoms with van der Waals surface area (Å²) in [5.41, 5.74) is 5.39. The molecule has 2 N–H and O–H groups in total. The molecule has 1 aliphatic rings. The summed E-state index contributed by atoms with van der Waals surface area (Å²) >= 11 is 1.36. The highest BCUT2D eigenvalue weighted by atomic mass is 32.1. The van der Waals surface area contributed by atoms with E-state index in [1.165, 1.54) is 18.4 Å². The van der Waals surface area contributed by atoms with Gasteiger partial charge in [0, 0.05) is 19.1 Å². The summed E-state index contributed by atoms with van der Waals surface area (Å²) in [5, 5.41) is 5.53. The van der Waals surface area contributed by atoms with E-state index in [1.807, 2.05) is 20.8 Å². The van der Waals surface area contributed by atoms with Crippen LogP contribution < -0.4 is 10.5 Å². The second-order valence-electron chi connectivity index (χ2n) is 9.39. The second kappa shape index (κ2) is 8.42. The molecule has 3 amide bonds. The first-order valence-electron chi connectivity index (χ1n) is 9.62. The Kier molecular flexibility index (Phi) is 6.83. The minimum atomic E-state index is -0.790. The summed E-state index contributed by atoms with van der Waals surface area (Å²) in [5.74, 6) is -0.451. The number of amides is 3. The topological polar surface area (TPSA) is 103 Å². The zero-order valence-electron chi connectivity index (χ0n) is 18.0. The molecule has 0 radical (unpaired) electrons. The van der Waals surface area contributed by atoms with Crippen molar-refractivity contribution >= 4 is 23.3 Å². The van der Waals surface area contributed by atoms with Crippen molar-refractivity contribution in [2.75, 3.05) is 13.7 Å². The van der Waals surface area contributed by atoms with Crippen LogP contribution >= 0.6 is 11.3 Å². The van der Waals surface area contributed by atoms with Crippen LogP contribution in [0.15, 0.2) is 4.99 Å². The van der Waals surface area contributed by atoms with Gasteiger partial charge in [0.25, 0.3) is 0 Å². The maximum absolute atomic E-state index is 12.7. The Morgan fingerprint density at radius 1 is 1.36 bits per heavy atom. The first-order chi connectivity index (χ1) is 12.8. The molecule has 1 aromatic heterocycles. The minimum Gasteiger partial charge on any atom is -0.376 e. The summed E-state index contributed by atoms with van der Waals surface area (Å²) in [6.45, 7) is 13.0. The lowest BCUT2D eigenvalue weighted by Gasteiger charge is -2.28. The van der Waals surface area contributed by atoms with Crippen molar-refractivity contribution in [3.05, 3.63) is 9.81 Å². The monoisotopic (exact) mass is 411 g/mol. The normalized spacial score (nSPS) is 19.7. The Morgan fingerprint density at radius 3 is 2.50 bits per heavy atom. The van der Waals surface area contributed by atoms with Crippen LogP contribution in [-0.4, -0.2) is 52.4 Å². The molecule has 1 saturated heterocycles. The van der Waals surface area contributed by atoms with Gasteiger partial charge in [0.05, 0.1) is 18.7 Å². The lowest BCUT2D eigenvalue weighted by molar-refractivity contribution is -0.130. The number of carbonyl (C=O) groups is 2. The molecule has 1 fully saturated rings. The molecule has 8 nitrogen and oxygen atoms in total. The molecule has 0 aliphatic carbocycles. The van der Waals surface area contributed by atoms with E-state index in [-0.39, 0.29) is 11.5 Å². The van der Waals surface area contributed by atoms with Crippen molar-refractivity contribution in [1.29, 1.82) is 0 Å². The van der Waals surface area contributed by atoms with Crippen molar-refractivity contribution in [3.8, 4) is 0 Å². The fourth-order valence-electron chi connectivity index (χ4n) is 2.63. The SMILES string of the molecule is CN(C(=O)/N=c1\sc(C(C)(C)C)nn1C[C@H]1CCCO1)C(=O)[C@@H](N)C(C)(C)C. The molecule has 1 aromatic rings. The predicted octanol–water partition coefficient (Wildman–Crippen LogP) is 2.27. The van der Waals surface area contributed by atoms with Gasteiger partial charge >= 0.3 is 6.03 Å². The smallest absolute Gasteiger partial charge is 0.352 e. The van der Waals surface area contributed by atoms with Crippen molar-refractivity contribution in [1.82, 2.24) is 14.7 Å². The summed E-state index contributed by atoms with van der Waals surface area (Å²) in [6, 6.07) is -1.43. The van der Waals surface area contributed by atoms with Gasteiger partial charge in [-0.15, -0.1) is 0 Å². The first kappa shape index (κ1) is 22.7. The number of hydrogen-bond acceptors (Lipinski definition) is 6. The minimum absolute atomic E-state index is 0.0673. The van der Waals surface area contributed by atoms with Crippen LogP contribution in [0, 0.1) is 5.41 Å². The number of nitrogens with two attached hydrogens (primary N) is 1. The third-order valence-corrected chi connectivity index (χ3v) is 6.04. The van der Waals surface area contributed by atoms with E-state index < -0.39 is 23.4 Å². The molecule has 0 bridgehead atoms. The van der Waals surface area contributed by atoms with E-state index >= 15 is 0 Å². The van der Waals surface area contributed by atoms with E-state index in [2.05, 4.69) is 30.9 Å². The molecule has 28 heavy (non-hydrogen) atoms. The fraction of sp³-hybridized carbons (Fsp3) is 0.789. The molecule has 1 aliphatic heterocycles. The van der Waals surface area contributed by atoms with E-state index in [4.69, 9.17) is 10.5 Å². The maximum Gasteiger partial charge on any atom is 0.352 e. The average Bonchev–Trinajstić information content (AvgIpc) is 3.22. The average molecular weight is 412 g/mol. The molecule has 2 rings (SSSR count). The lowest BCUT2D eigenvalue weighted by atomic mass is 9.87. The van der Waals surface area contributed by atoms with Crippen molar-refractivity contribution in [3.63, 3.8) is 0 Å². The number of aromatic nitrogens is 2. The molecular formula is C19H33N5O3S. The van der Waals surface area contributed by atoms with Gasteiger partial charge in [0.15, 0.2) is 0 Å². The number of rotatable bonds is 3. The number of carbonyl (C=O) groups excluding carboxylic acids is 2. The van der Waals surface area contributed by atoms with Gasteiger partial charge in [0.1, 0.15) is 5.01 Å². The van der Waals surface area contributed by atoms with Gasteiger partial charge in [-0.1, -0.05) is 52.9 Å². The van der Waals surface area contributed by atoms with Crippen LogP contribution in [0.1, 0.15) is 59.4 Å². The van der Waals surface area contributed by atoms with Gasteiger partial charge in [-0.05, 0) is 18.3 Å². The standard InChI is InChI=1S/C19H33N5O3S/c1-18(2,3)13(20)14(25)23(7)16(26)21-17-24(11-12-9-8-10-27-12)22-15(28-17)19(4,5)6/h12-13H,8-11,20H2,1-7H3/b21-17-/t12-,13-/m1/s1. The van der Waals surface area contributed by atoms with Crippen LogP contribution in [-0.2, 0) is 21.5 Å². The highest BCUT2D eigenvalue weighted by molar-refractivity contribution is 7.09. The van der Waals surface area contributed by atoms with Crippen LogP contribution in [0.25, 0.3) is 0 Å². The molecule has 9 heteroatoms. The molecule has 2 atom stereocenters. The van der Waals surface area contributed by atoms with Crippen molar-refractivity contribution in [2.24, 2.45) is 16.1 Å². The molecule has 0 unspecified atom stereocenters. The third-order valence-electron chi connectivity index (χ3n) is 4.67. The van der Waals surface area contributed by atoms with Crippen molar-refractivity contribution < 1.29 is 14.3 Å². The Morgan fingerprint density at radius 2 is 2.00 bits per heavy atom. The largest absolute Gasteiger partial charge is 0.376 e. The molecule has 0 spiro atoms. The summed E-state index contributed by atoms with van der Waals surface area (Å²) < 4.78 is 7.43. The van der Waals surface area contributed by atoms with Crippen LogP contribution in [0.3, 0.4) is 0 Å². The Bertz CT molecular complexity index is 779. The number of ether oxygens (including phenoxy) is 1. The lowest BCUT2D eigenvalue weighted by Crippen LogP contribution is -2.50. The van der Waals surface area contributed by atoms with Gasteiger partial charge in [-0.3, -0.25) is 9.69 Å². The fourth-order valence-corrected chi connectivity index (χ4v) is 3.59. The van der Waals surface area contributed by atoms with Gasteiger partial charge in [-0.25, -0.2) is 9.48 Å². The Balaban J connectivity index is 2.32. The highest BCUT2D eigenvalue weighted by Gasteiger charge is 2.32. The van der Waals surface area contributed by atoms with E-state index in [9.17, 15) is 9.59 Å². The third kappa shape index (κ3) is 5.48. The Hall–Kier alpha value is -1.58. The summed E-state index contributed by atoms with van der Waals surface area (Å²) in [7, 11) is 1.41. The van der Waals surface area contributed by atoms with Crippen molar-refractivity contribution in [2.45, 2.75) is 78.5 Å². The number of likely N-dealkylation sites (N-methyl/N-ethyl adjacent to an activating group) is 1. The molecule has 2 heterocycles. The van der Waals surface area contributed by atoms with Gasteiger partial charge in [0.2, 0.25) is 10.7 Å². The molecule has 0 aromatic carbocycles. The van der Waals surface area contributed by atoms with E-state index in [0.29, 0.717) is 11.3 Å². The molecular weight excluding hydrogens is 378 g/mol. The maximum atomic E-state index is 12.7. The van der Waals surface area contributed by atoms with Crippen LogP contribution in [0.5, 0.6) is 0 Å². The summed E-state index contributed by atoms with van der Waals surface area (Å²) in [4.78, 5) is 30.8.